The Bertz CT molecular complexity index is 1120. The number of anilines is 3. The number of halogens is 4. The average molecular weight is 468 g/mol. The highest BCUT2D eigenvalue weighted by atomic mass is 35.5. The Morgan fingerprint density at radius 2 is 1.84 bits per heavy atom. The highest BCUT2D eigenvalue weighted by Gasteiger charge is 2.34. The van der Waals surface area contributed by atoms with E-state index < -0.39 is 30.1 Å². The Morgan fingerprint density at radius 3 is 2.50 bits per heavy atom. The number of carbonyl (C=O) groups excluding carboxylic acids is 2. The molecule has 168 valence electrons. The minimum Gasteiger partial charge on any atom is -0.495 e. The number of nitrogens with one attached hydrogen (secondary N) is 3. The summed E-state index contributed by atoms with van der Waals surface area (Å²) >= 11 is 5.90. The van der Waals surface area contributed by atoms with E-state index in [9.17, 15) is 22.8 Å². The third-order valence-electron chi connectivity index (χ3n) is 4.20. The lowest BCUT2D eigenvalue weighted by Crippen LogP contribution is -2.23. The number of benzene rings is 2. The zero-order chi connectivity index (χ0) is 23.3. The zero-order valence-corrected chi connectivity index (χ0v) is 17.3. The Balaban J connectivity index is 1.72. The molecule has 0 spiro atoms. The van der Waals surface area contributed by atoms with Gasteiger partial charge >= 0.3 is 6.18 Å². The topological polar surface area (TPSA) is 92.6 Å². The summed E-state index contributed by atoms with van der Waals surface area (Å²) in [6, 6.07) is 10.6. The maximum absolute atomic E-state index is 13.6. The van der Waals surface area contributed by atoms with Crippen molar-refractivity contribution in [2.75, 3.05) is 29.6 Å². The molecule has 0 aliphatic rings. The van der Waals surface area contributed by atoms with Crippen molar-refractivity contribution in [2.45, 2.75) is 6.18 Å². The molecule has 11 heteroatoms. The van der Waals surface area contributed by atoms with Crippen molar-refractivity contribution in [1.29, 1.82) is 0 Å². The fourth-order valence-corrected chi connectivity index (χ4v) is 2.93. The van der Waals surface area contributed by atoms with E-state index in [0.717, 1.165) is 12.1 Å². The van der Waals surface area contributed by atoms with E-state index in [4.69, 9.17) is 20.8 Å². The molecule has 0 saturated heterocycles. The fourth-order valence-electron chi connectivity index (χ4n) is 2.76. The molecule has 2 aromatic carbocycles. The Hall–Kier alpha value is -3.66. The molecule has 2 amide bonds. The van der Waals surface area contributed by atoms with Crippen LogP contribution in [0, 0.1) is 0 Å². The summed E-state index contributed by atoms with van der Waals surface area (Å²) < 4.78 is 50.7. The van der Waals surface area contributed by atoms with Crippen molar-refractivity contribution in [1.82, 2.24) is 0 Å². The minimum atomic E-state index is -4.74. The van der Waals surface area contributed by atoms with E-state index in [0.29, 0.717) is 10.8 Å². The van der Waals surface area contributed by atoms with Crippen LogP contribution in [0.3, 0.4) is 0 Å². The lowest BCUT2D eigenvalue weighted by atomic mass is 10.1. The molecule has 1 aromatic heterocycles. The second kappa shape index (κ2) is 9.65. The van der Waals surface area contributed by atoms with Crippen LogP contribution in [0.5, 0.6) is 5.75 Å². The molecule has 3 rings (SSSR count). The molecule has 0 atom stereocenters. The standard InChI is InChI=1S/C21H17ClF3N3O4/c1-31-17-7-4-12(22)9-16(17)28-19(29)11-26-15-6-5-13(10-14(15)21(23,24)25)27-20(30)18-3-2-8-32-18/h2-10,26H,11H2,1H3,(H,27,30)(H,28,29). The third-order valence-corrected chi connectivity index (χ3v) is 4.44. The first-order chi connectivity index (χ1) is 15.2. The maximum Gasteiger partial charge on any atom is 0.418 e. The molecule has 0 bridgehead atoms. The summed E-state index contributed by atoms with van der Waals surface area (Å²) in [4.78, 5) is 24.3. The van der Waals surface area contributed by atoms with Crippen LogP contribution >= 0.6 is 11.6 Å². The minimum absolute atomic E-state index is 0.0473. The number of amides is 2. The summed E-state index contributed by atoms with van der Waals surface area (Å²) in [6.45, 7) is -0.461. The van der Waals surface area contributed by atoms with Crippen molar-refractivity contribution in [2.24, 2.45) is 0 Å². The van der Waals surface area contributed by atoms with Crippen LogP contribution in [0.15, 0.2) is 59.2 Å². The number of furan rings is 1. The van der Waals surface area contributed by atoms with Crippen molar-refractivity contribution in [3.63, 3.8) is 0 Å². The first-order valence-corrected chi connectivity index (χ1v) is 9.48. The summed E-state index contributed by atoms with van der Waals surface area (Å²) in [5.41, 5.74) is -1.19. The van der Waals surface area contributed by atoms with Crippen molar-refractivity contribution in [3.05, 3.63) is 71.1 Å². The quantitative estimate of drug-likeness (QED) is 0.440. The Morgan fingerprint density at radius 1 is 1.06 bits per heavy atom. The van der Waals surface area contributed by atoms with Crippen LogP contribution < -0.4 is 20.7 Å². The number of ether oxygens (including phenoxy) is 1. The predicted molar refractivity (Wildman–Crippen MR) is 113 cm³/mol. The second-order valence-corrected chi connectivity index (χ2v) is 6.87. The number of methoxy groups -OCH3 is 1. The van der Waals surface area contributed by atoms with Gasteiger partial charge in [0.05, 0.1) is 31.2 Å². The normalized spacial score (nSPS) is 11.0. The number of alkyl halides is 3. The van der Waals surface area contributed by atoms with E-state index >= 15 is 0 Å². The number of carbonyl (C=O) groups is 2. The predicted octanol–water partition coefficient (Wildman–Crippen LogP) is 5.26. The van der Waals surface area contributed by atoms with Gasteiger partial charge in [0.2, 0.25) is 5.91 Å². The SMILES string of the molecule is COc1ccc(Cl)cc1NC(=O)CNc1ccc(NC(=O)c2ccco2)cc1C(F)(F)F. The number of hydrogen-bond donors (Lipinski definition) is 3. The van der Waals surface area contributed by atoms with Gasteiger partial charge in [-0.3, -0.25) is 9.59 Å². The number of hydrogen-bond acceptors (Lipinski definition) is 5. The van der Waals surface area contributed by atoms with Gasteiger partial charge in [0, 0.05) is 16.4 Å². The summed E-state index contributed by atoms with van der Waals surface area (Å²) in [5.74, 6) is -1.02. The average Bonchev–Trinajstić information content (AvgIpc) is 3.27. The van der Waals surface area contributed by atoms with Crippen LogP contribution in [0.2, 0.25) is 5.02 Å². The molecule has 3 aromatic rings. The van der Waals surface area contributed by atoms with E-state index in [1.165, 1.54) is 37.6 Å². The van der Waals surface area contributed by atoms with Gasteiger partial charge in [-0.1, -0.05) is 11.6 Å². The van der Waals surface area contributed by atoms with Crippen molar-refractivity contribution in [3.8, 4) is 5.75 Å². The van der Waals surface area contributed by atoms with Crippen LogP contribution in [0.1, 0.15) is 16.1 Å². The molecule has 0 aliphatic heterocycles. The third kappa shape index (κ3) is 5.73. The monoisotopic (exact) mass is 467 g/mol. The molecule has 0 radical (unpaired) electrons. The van der Waals surface area contributed by atoms with Gasteiger partial charge in [0.25, 0.3) is 5.91 Å². The molecule has 32 heavy (non-hydrogen) atoms. The van der Waals surface area contributed by atoms with Crippen molar-refractivity contribution < 1.29 is 31.9 Å². The van der Waals surface area contributed by atoms with Crippen LogP contribution in [-0.2, 0) is 11.0 Å². The molecule has 7 nitrogen and oxygen atoms in total. The van der Waals surface area contributed by atoms with E-state index in [1.54, 1.807) is 12.1 Å². The smallest absolute Gasteiger partial charge is 0.418 e. The van der Waals surface area contributed by atoms with Gasteiger partial charge in [-0.05, 0) is 48.5 Å². The molecule has 3 N–H and O–H groups in total. The van der Waals surface area contributed by atoms with E-state index in [2.05, 4.69) is 16.0 Å². The van der Waals surface area contributed by atoms with Gasteiger partial charge in [-0.15, -0.1) is 0 Å². The van der Waals surface area contributed by atoms with Crippen molar-refractivity contribution >= 4 is 40.5 Å². The first kappa shape index (κ1) is 23.0. The van der Waals surface area contributed by atoms with Gasteiger partial charge in [0.15, 0.2) is 5.76 Å². The summed E-state index contributed by atoms with van der Waals surface area (Å²) in [7, 11) is 1.40. The summed E-state index contributed by atoms with van der Waals surface area (Å²) in [6.07, 6.45) is -3.46. The molecule has 1 heterocycles. The van der Waals surface area contributed by atoms with E-state index in [1.807, 2.05) is 0 Å². The molecular formula is C21H17ClF3N3O4. The molecule has 0 fully saturated rings. The first-order valence-electron chi connectivity index (χ1n) is 9.10. The van der Waals surface area contributed by atoms with Gasteiger partial charge in [0.1, 0.15) is 5.75 Å². The molecule has 0 saturated carbocycles. The Labute approximate surface area is 185 Å². The van der Waals surface area contributed by atoms with Gasteiger partial charge in [-0.25, -0.2) is 0 Å². The molecule has 0 unspecified atom stereocenters. The van der Waals surface area contributed by atoms with E-state index in [-0.39, 0.29) is 22.8 Å². The second-order valence-electron chi connectivity index (χ2n) is 6.44. The summed E-state index contributed by atoms with van der Waals surface area (Å²) in [5, 5.41) is 7.67. The lowest BCUT2D eigenvalue weighted by molar-refractivity contribution is -0.137. The zero-order valence-electron chi connectivity index (χ0n) is 16.5. The van der Waals surface area contributed by atoms with Crippen LogP contribution in [0.4, 0.5) is 30.2 Å². The molecular weight excluding hydrogens is 451 g/mol. The van der Waals surface area contributed by atoms with Gasteiger partial charge < -0.3 is 25.1 Å². The molecule has 0 aliphatic carbocycles. The van der Waals surface area contributed by atoms with Crippen LogP contribution in [-0.4, -0.2) is 25.5 Å². The van der Waals surface area contributed by atoms with Crippen LogP contribution in [0.25, 0.3) is 0 Å². The number of rotatable bonds is 7. The Kier molecular flexibility index (Phi) is 6.94. The maximum atomic E-state index is 13.6. The lowest BCUT2D eigenvalue weighted by Gasteiger charge is -2.16. The fraction of sp³-hybridized carbons (Fsp3) is 0.143. The highest BCUT2D eigenvalue weighted by molar-refractivity contribution is 6.31. The largest absolute Gasteiger partial charge is 0.495 e. The van der Waals surface area contributed by atoms with Gasteiger partial charge in [-0.2, -0.15) is 13.2 Å². The highest BCUT2D eigenvalue weighted by Crippen LogP contribution is 2.36.